The number of nitrogens with one attached hydrogen (secondary N) is 3. The van der Waals surface area contributed by atoms with Crippen molar-refractivity contribution in [2.45, 2.75) is 32.1 Å². The van der Waals surface area contributed by atoms with Gasteiger partial charge in [-0.15, -0.1) is 0 Å². The summed E-state index contributed by atoms with van der Waals surface area (Å²) < 4.78 is 27.2. The monoisotopic (exact) mass is 431 g/mol. The lowest BCUT2D eigenvalue weighted by atomic mass is 9.89. The Labute approximate surface area is 176 Å². The van der Waals surface area contributed by atoms with Crippen molar-refractivity contribution in [1.29, 1.82) is 0 Å². The summed E-state index contributed by atoms with van der Waals surface area (Å²) in [7, 11) is 0. The molecule has 0 saturated heterocycles. The molecular formula is C21H20ClF2N5O. The Balaban J connectivity index is 1.66. The number of carbonyl (C=O) groups is 1. The van der Waals surface area contributed by atoms with Gasteiger partial charge in [0.15, 0.2) is 5.82 Å². The van der Waals surface area contributed by atoms with Crippen LogP contribution in [0, 0.1) is 17.6 Å². The van der Waals surface area contributed by atoms with Crippen molar-refractivity contribution in [3.63, 3.8) is 0 Å². The maximum Gasteiger partial charge on any atom is 0.229 e. The normalized spacial score (nSPS) is 15.4. The lowest BCUT2D eigenvalue weighted by Gasteiger charge is -2.21. The first-order valence-electron chi connectivity index (χ1n) is 9.74. The Morgan fingerprint density at radius 3 is 2.67 bits per heavy atom. The fourth-order valence-corrected chi connectivity index (χ4v) is 3.82. The highest BCUT2D eigenvalue weighted by molar-refractivity contribution is 6.31. The molecule has 1 fully saturated rings. The molecule has 0 bridgehead atoms. The van der Waals surface area contributed by atoms with Crippen molar-refractivity contribution in [2.24, 2.45) is 10.9 Å². The largest absolute Gasteiger partial charge is 0.325 e. The highest BCUT2D eigenvalue weighted by atomic mass is 35.5. The second-order valence-corrected chi connectivity index (χ2v) is 7.74. The first kappa shape index (κ1) is 20.3. The van der Waals surface area contributed by atoms with Gasteiger partial charge < -0.3 is 5.32 Å². The molecule has 1 aliphatic carbocycles. The van der Waals surface area contributed by atoms with Crippen molar-refractivity contribution in [3.05, 3.63) is 53.1 Å². The number of halogens is 3. The quantitative estimate of drug-likeness (QED) is 0.389. The number of aromatic nitrogens is 2. The van der Waals surface area contributed by atoms with Crippen molar-refractivity contribution < 1.29 is 13.6 Å². The molecule has 0 aliphatic heterocycles. The maximum absolute atomic E-state index is 13.8. The van der Waals surface area contributed by atoms with Gasteiger partial charge in [0, 0.05) is 22.0 Å². The summed E-state index contributed by atoms with van der Waals surface area (Å²) in [6.07, 6.45) is 4.77. The van der Waals surface area contributed by atoms with E-state index in [2.05, 4.69) is 25.8 Å². The van der Waals surface area contributed by atoms with E-state index in [0.29, 0.717) is 16.6 Å². The standard InChI is InChI=1S/C21H20ClF2N5O/c22-13-8-15(24)10-16(9-13)25-21(27-20(30)12-4-2-1-3-5-12)26-19-17-7-6-14(23)11-18(17)28-29-19/h6-12H,1-5H2,(H3,25,26,27,28,29,30). The Morgan fingerprint density at radius 1 is 1.10 bits per heavy atom. The van der Waals surface area contributed by atoms with E-state index in [4.69, 9.17) is 11.6 Å². The molecule has 1 aliphatic rings. The van der Waals surface area contributed by atoms with E-state index in [0.717, 1.165) is 32.1 Å². The smallest absolute Gasteiger partial charge is 0.229 e. The number of rotatable bonds is 3. The molecule has 1 heterocycles. The van der Waals surface area contributed by atoms with Crippen LogP contribution in [0.5, 0.6) is 0 Å². The lowest BCUT2D eigenvalue weighted by Crippen LogP contribution is -2.40. The summed E-state index contributed by atoms with van der Waals surface area (Å²) in [5.74, 6) is -0.839. The fourth-order valence-electron chi connectivity index (χ4n) is 3.60. The summed E-state index contributed by atoms with van der Waals surface area (Å²) in [6.45, 7) is 0. The minimum absolute atomic E-state index is 0.0879. The van der Waals surface area contributed by atoms with E-state index in [-0.39, 0.29) is 28.6 Å². The van der Waals surface area contributed by atoms with E-state index in [1.54, 1.807) is 6.07 Å². The summed E-state index contributed by atoms with van der Waals surface area (Å²) >= 11 is 5.94. The van der Waals surface area contributed by atoms with E-state index in [1.165, 1.54) is 30.3 Å². The highest BCUT2D eigenvalue weighted by Gasteiger charge is 2.22. The van der Waals surface area contributed by atoms with Gasteiger partial charge in [0.25, 0.3) is 0 Å². The van der Waals surface area contributed by atoms with E-state index in [9.17, 15) is 13.6 Å². The number of benzene rings is 2. The first-order valence-corrected chi connectivity index (χ1v) is 10.1. The maximum atomic E-state index is 13.8. The van der Waals surface area contributed by atoms with Crippen LogP contribution in [-0.2, 0) is 4.79 Å². The van der Waals surface area contributed by atoms with Crippen molar-refractivity contribution in [2.75, 3.05) is 5.32 Å². The van der Waals surface area contributed by atoms with Gasteiger partial charge >= 0.3 is 0 Å². The van der Waals surface area contributed by atoms with E-state index >= 15 is 0 Å². The molecule has 0 unspecified atom stereocenters. The van der Waals surface area contributed by atoms with Gasteiger partial charge in [-0.3, -0.25) is 15.2 Å². The second-order valence-electron chi connectivity index (χ2n) is 7.30. The molecule has 1 saturated carbocycles. The van der Waals surface area contributed by atoms with Crippen LogP contribution in [0.1, 0.15) is 32.1 Å². The zero-order chi connectivity index (χ0) is 21.1. The molecule has 0 spiro atoms. The van der Waals surface area contributed by atoms with Gasteiger partial charge in [0.05, 0.1) is 5.52 Å². The lowest BCUT2D eigenvalue weighted by molar-refractivity contribution is -0.124. The van der Waals surface area contributed by atoms with E-state index < -0.39 is 11.6 Å². The van der Waals surface area contributed by atoms with Crippen LogP contribution in [0.25, 0.3) is 10.9 Å². The van der Waals surface area contributed by atoms with Crippen LogP contribution in [0.3, 0.4) is 0 Å². The molecule has 0 radical (unpaired) electrons. The summed E-state index contributed by atoms with van der Waals surface area (Å²) in [5.41, 5.74) is 0.800. The number of amides is 1. The number of guanidine groups is 1. The number of hydrogen-bond acceptors (Lipinski definition) is 3. The van der Waals surface area contributed by atoms with Gasteiger partial charge in [-0.1, -0.05) is 30.9 Å². The minimum Gasteiger partial charge on any atom is -0.325 e. The molecular weight excluding hydrogens is 412 g/mol. The predicted molar refractivity (Wildman–Crippen MR) is 113 cm³/mol. The third kappa shape index (κ3) is 4.76. The summed E-state index contributed by atoms with van der Waals surface area (Å²) in [6, 6.07) is 8.10. The summed E-state index contributed by atoms with van der Waals surface area (Å²) in [4.78, 5) is 17.2. The van der Waals surface area contributed by atoms with Crippen LogP contribution in [0.4, 0.5) is 20.3 Å². The van der Waals surface area contributed by atoms with Gasteiger partial charge in [0.2, 0.25) is 11.9 Å². The Bertz CT molecular complexity index is 1090. The zero-order valence-electron chi connectivity index (χ0n) is 16.0. The predicted octanol–water partition coefficient (Wildman–Crippen LogP) is 5.29. The number of anilines is 1. The van der Waals surface area contributed by atoms with Crippen molar-refractivity contribution in [1.82, 2.24) is 15.5 Å². The number of fused-ring (bicyclic) bond motifs is 1. The third-order valence-corrected chi connectivity index (χ3v) is 5.28. The van der Waals surface area contributed by atoms with Crippen molar-refractivity contribution in [3.8, 4) is 0 Å². The van der Waals surface area contributed by atoms with Crippen LogP contribution in [0.2, 0.25) is 5.02 Å². The van der Waals surface area contributed by atoms with Gasteiger partial charge in [0.1, 0.15) is 11.6 Å². The Morgan fingerprint density at radius 2 is 1.90 bits per heavy atom. The zero-order valence-corrected chi connectivity index (χ0v) is 16.8. The number of carbonyl (C=O) groups excluding carboxylic acids is 1. The third-order valence-electron chi connectivity index (χ3n) is 5.07. The molecule has 1 aromatic heterocycles. The number of aromatic amines is 1. The fraction of sp³-hybridized carbons (Fsp3) is 0.286. The van der Waals surface area contributed by atoms with Crippen LogP contribution in [-0.4, -0.2) is 22.1 Å². The number of H-pyrrole nitrogens is 1. The molecule has 2 aromatic carbocycles. The van der Waals surface area contributed by atoms with Crippen molar-refractivity contribution >= 4 is 45.9 Å². The van der Waals surface area contributed by atoms with Gasteiger partial charge in [-0.2, -0.15) is 10.1 Å². The van der Waals surface area contributed by atoms with Gasteiger partial charge in [-0.25, -0.2) is 8.78 Å². The SMILES string of the molecule is O=C(NC(=Nc1n[nH]c2cc(F)ccc12)Nc1cc(F)cc(Cl)c1)C1CCCCC1. The average Bonchev–Trinajstić information content (AvgIpc) is 3.09. The van der Waals surface area contributed by atoms with Gasteiger partial charge in [-0.05, 0) is 49.2 Å². The molecule has 156 valence electrons. The molecule has 1 amide bonds. The number of nitrogens with zero attached hydrogens (tertiary/aromatic N) is 2. The van der Waals surface area contributed by atoms with Crippen LogP contribution < -0.4 is 10.6 Å². The average molecular weight is 432 g/mol. The van der Waals surface area contributed by atoms with Crippen LogP contribution in [0.15, 0.2) is 41.4 Å². The number of aliphatic imine (C=N–C) groups is 1. The highest BCUT2D eigenvalue weighted by Crippen LogP contribution is 2.26. The molecule has 3 aromatic rings. The Hall–Kier alpha value is -3.00. The minimum atomic E-state index is -0.524. The van der Waals surface area contributed by atoms with E-state index in [1.807, 2.05) is 0 Å². The topological polar surface area (TPSA) is 82.2 Å². The second kappa shape index (κ2) is 8.79. The first-order chi connectivity index (χ1) is 14.5. The Kier molecular flexibility index (Phi) is 5.94. The van der Waals surface area contributed by atoms with Crippen LogP contribution >= 0.6 is 11.6 Å². The number of hydrogen-bond donors (Lipinski definition) is 3. The molecule has 9 heteroatoms. The summed E-state index contributed by atoms with van der Waals surface area (Å²) in [5, 5.41) is 13.3. The molecule has 0 atom stereocenters. The molecule has 4 rings (SSSR count). The molecule has 6 nitrogen and oxygen atoms in total. The molecule has 3 N–H and O–H groups in total. The molecule has 30 heavy (non-hydrogen) atoms.